The van der Waals surface area contributed by atoms with Crippen molar-refractivity contribution in [3.05, 3.63) is 83.7 Å². The highest BCUT2D eigenvalue weighted by atomic mass is 19.1. The zero-order valence-corrected chi connectivity index (χ0v) is 25.2. The van der Waals surface area contributed by atoms with E-state index in [1.165, 1.54) is 119 Å². The van der Waals surface area contributed by atoms with Crippen molar-refractivity contribution in [2.75, 3.05) is 0 Å². The minimum atomic E-state index is -0.614. The molecule has 0 bridgehead atoms. The number of nitrogens with zero attached hydrogens (tertiary/aromatic N) is 1. The number of aromatic hydroxyl groups is 1. The molecular weight excluding hydrogens is 545 g/mol. The zero-order valence-electron chi connectivity index (χ0n) is 25.2. The van der Waals surface area contributed by atoms with E-state index in [0.29, 0.717) is 23.4 Å². The van der Waals surface area contributed by atoms with Crippen LogP contribution in [0.25, 0.3) is 0 Å². The second-order valence-electron chi connectivity index (χ2n) is 10.8. The van der Waals surface area contributed by atoms with Gasteiger partial charge in [0.25, 0.3) is 0 Å². The molecule has 0 unspecified atom stereocenters. The summed E-state index contributed by atoms with van der Waals surface area (Å²) in [5.74, 6) is -0.840. The summed E-state index contributed by atoms with van der Waals surface area (Å²) in [6.07, 6.45) is 18.1. The Morgan fingerprint density at radius 2 is 1.28 bits per heavy atom. The Hall–Kier alpha value is -4.00. The number of carbonyl (C=O) groups is 2. The molecule has 0 atom stereocenters. The Kier molecular flexibility index (Phi) is 15.0. The number of benzene rings is 3. The summed E-state index contributed by atoms with van der Waals surface area (Å²) in [7, 11) is 0. The van der Waals surface area contributed by atoms with Crippen molar-refractivity contribution >= 4 is 23.8 Å². The summed E-state index contributed by atoms with van der Waals surface area (Å²) >= 11 is 0. The second-order valence-corrected chi connectivity index (χ2v) is 10.8. The van der Waals surface area contributed by atoms with Crippen molar-refractivity contribution in [1.29, 1.82) is 0 Å². The maximum absolute atomic E-state index is 13.0. The standard InChI is InChI=1S/C36H44FNO5/c1-2-3-4-5-6-7-8-9-10-11-12-13-14-15-35(40)42-32-23-16-28(17-24-32)36(41)43-33-25-18-29(34(39)26-33)27-38-31-21-19-30(37)20-22-31/h16-27,39H,2-15H2,1H3. The van der Waals surface area contributed by atoms with Gasteiger partial charge in [-0.1, -0.05) is 84.0 Å². The van der Waals surface area contributed by atoms with Gasteiger partial charge in [0, 0.05) is 24.3 Å². The maximum atomic E-state index is 13.0. The minimum Gasteiger partial charge on any atom is -0.507 e. The quantitative estimate of drug-likeness (QED) is 0.0651. The predicted octanol–water partition coefficient (Wildman–Crippen LogP) is 9.89. The van der Waals surface area contributed by atoms with Crippen molar-refractivity contribution < 1.29 is 28.6 Å². The number of halogens is 1. The molecule has 1 N–H and O–H groups in total. The van der Waals surface area contributed by atoms with E-state index in [0.717, 1.165) is 19.3 Å². The number of aliphatic imine (C=N–C) groups is 1. The molecule has 0 aliphatic heterocycles. The van der Waals surface area contributed by atoms with Crippen LogP contribution in [0.15, 0.2) is 71.7 Å². The van der Waals surface area contributed by atoms with Crippen LogP contribution in [0, 0.1) is 5.82 Å². The Labute approximate surface area is 255 Å². The molecule has 0 saturated heterocycles. The van der Waals surface area contributed by atoms with Crippen LogP contribution in [0.2, 0.25) is 0 Å². The van der Waals surface area contributed by atoms with Gasteiger partial charge in [0.1, 0.15) is 23.1 Å². The first kappa shape index (κ1) is 33.5. The van der Waals surface area contributed by atoms with Crippen molar-refractivity contribution in [2.45, 2.75) is 96.8 Å². The molecule has 0 aliphatic rings. The number of unbranched alkanes of at least 4 members (excludes halogenated alkanes) is 12. The summed E-state index contributed by atoms with van der Waals surface area (Å²) in [6.45, 7) is 2.25. The van der Waals surface area contributed by atoms with Gasteiger partial charge in [0.2, 0.25) is 0 Å². The van der Waals surface area contributed by atoms with E-state index in [-0.39, 0.29) is 28.8 Å². The summed E-state index contributed by atoms with van der Waals surface area (Å²) in [4.78, 5) is 29.0. The van der Waals surface area contributed by atoms with Gasteiger partial charge >= 0.3 is 11.9 Å². The lowest BCUT2D eigenvalue weighted by Gasteiger charge is -2.08. The van der Waals surface area contributed by atoms with Crippen LogP contribution in [0.1, 0.15) is 113 Å². The SMILES string of the molecule is CCCCCCCCCCCCCCCC(=O)Oc1ccc(C(=O)Oc2ccc(C=Nc3ccc(F)cc3)c(O)c2)cc1. The molecule has 0 aromatic heterocycles. The molecule has 0 aliphatic carbocycles. The van der Waals surface area contributed by atoms with E-state index in [9.17, 15) is 19.1 Å². The lowest BCUT2D eigenvalue weighted by atomic mass is 10.0. The summed E-state index contributed by atoms with van der Waals surface area (Å²) < 4.78 is 23.8. The van der Waals surface area contributed by atoms with Crippen LogP contribution in [0.5, 0.6) is 17.2 Å². The van der Waals surface area contributed by atoms with Crippen LogP contribution in [-0.4, -0.2) is 23.3 Å². The molecule has 7 heteroatoms. The molecule has 3 aromatic rings. The van der Waals surface area contributed by atoms with Crippen LogP contribution < -0.4 is 9.47 Å². The highest BCUT2D eigenvalue weighted by Gasteiger charge is 2.12. The highest BCUT2D eigenvalue weighted by Crippen LogP contribution is 2.25. The fourth-order valence-corrected chi connectivity index (χ4v) is 4.66. The number of rotatable bonds is 19. The molecule has 3 rings (SSSR count). The average Bonchev–Trinajstić information content (AvgIpc) is 3.00. The third-order valence-electron chi connectivity index (χ3n) is 7.20. The molecule has 0 heterocycles. The molecule has 6 nitrogen and oxygen atoms in total. The van der Waals surface area contributed by atoms with Crippen molar-refractivity contribution in [2.24, 2.45) is 4.99 Å². The van der Waals surface area contributed by atoms with E-state index >= 15 is 0 Å². The Bertz CT molecular complexity index is 1290. The van der Waals surface area contributed by atoms with E-state index in [1.807, 2.05) is 0 Å². The smallest absolute Gasteiger partial charge is 0.343 e. The van der Waals surface area contributed by atoms with Gasteiger partial charge in [-0.3, -0.25) is 9.79 Å². The molecule has 0 fully saturated rings. The van der Waals surface area contributed by atoms with E-state index in [2.05, 4.69) is 11.9 Å². The van der Waals surface area contributed by atoms with Crippen LogP contribution >= 0.6 is 0 Å². The Morgan fingerprint density at radius 3 is 1.86 bits per heavy atom. The molecule has 230 valence electrons. The van der Waals surface area contributed by atoms with Gasteiger partial charge in [-0.15, -0.1) is 0 Å². The molecule has 3 aromatic carbocycles. The molecule has 43 heavy (non-hydrogen) atoms. The highest BCUT2D eigenvalue weighted by molar-refractivity contribution is 5.92. The topological polar surface area (TPSA) is 85.2 Å². The fourth-order valence-electron chi connectivity index (χ4n) is 4.66. The Morgan fingerprint density at radius 1 is 0.721 bits per heavy atom. The molecule has 0 amide bonds. The van der Waals surface area contributed by atoms with Crippen molar-refractivity contribution in [3.63, 3.8) is 0 Å². The van der Waals surface area contributed by atoms with Gasteiger partial charge < -0.3 is 14.6 Å². The average molecular weight is 590 g/mol. The lowest BCUT2D eigenvalue weighted by Crippen LogP contribution is -2.10. The monoisotopic (exact) mass is 589 g/mol. The summed E-state index contributed by atoms with van der Waals surface area (Å²) in [5.41, 5.74) is 1.22. The van der Waals surface area contributed by atoms with Gasteiger partial charge in [-0.05, 0) is 67.1 Å². The van der Waals surface area contributed by atoms with Gasteiger partial charge in [-0.25, -0.2) is 9.18 Å². The summed E-state index contributed by atoms with van der Waals surface area (Å²) in [6, 6.07) is 16.2. The molecular formula is C36H44FNO5. The van der Waals surface area contributed by atoms with Crippen LogP contribution in [-0.2, 0) is 4.79 Å². The number of carbonyl (C=O) groups excluding carboxylic acids is 2. The van der Waals surface area contributed by atoms with Crippen molar-refractivity contribution in [1.82, 2.24) is 0 Å². The lowest BCUT2D eigenvalue weighted by molar-refractivity contribution is -0.134. The number of hydrogen-bond donors (Lipinski definition) is 1. The molecule has 0 radical (unpaired) electrons. The van der Waals surface area contributed by atoms with Gasteiger partial charge in [-0.2, -0.15) is 0 Å². The first-order chi connectivity index (χ1) is 20.9. The maximum Gasteiger partial charge on any atom is 0.343 e. The van der Waals surface area contributed by atoms with Gasteiger partial charge in [0.15, 0.2) is 0 Å². The minimum absolute atomic E-state index is 0.123. The zero-order chi connectivity index (χ0) is 30.7. The van der Waals surface area contributed by atoms with Gasteiger partial charge in [0.05, 0.1) is 11.3 Å². The third-order valence-corrected chi connectivity index (χ3v) is 7.20. The van der Waals surface area contributed by atoms with Crippen LogP contribution in [0.3, 0.4) is 0 Å². The molecule has 0 spiro atoms. The first-order valence-electron chi connectivity index (χ1n) is 15.6. The van der Waals surface area contributed by atoms with E-state index < -0.39 is 5.97 Å². The number of esters is 2. The van der Waals surface area contributed by atoms with Crippen molar-refractivity contribution in [3.8, 4) is 17.2 Å². The third kappa shape index (κ3) is 13.2. The fraction of sp³-hybridized carbons (Fsp3) is 0.417. The molecule has 0 saturated carbocycles. The first-order valence-corrected chi connectivity index (χ1v) is 15.6. The number of hydrogen-bond acceptors (Lipinski definition) is 6. The normalized spacial score (nSPS) is 11.1. The van der Waals surface area contributed by atoms with Crippen LogP contribution in [0.4, 0.5) is 10.1 Å². The predicted molar refractivity (Wildman–Crippen MR) is 169 cm³/mol. The number of phenolic OH excluding ortho intramolecular Hbond substituents is 1. The number of phenols is 1. The summed E-state index contributed by atoms with van der Waals surface area (Å²) in [5, 5.41) is 10.3. The van der Waals surface area contributed by atoms with E-state index in [4.69, 9.17) is 9.47 Å². The van der Waals surface area contributed by atoms with E-state index in [1.54, 1.807) is 18.2 Å². The Balaban J connectivity index is 1.31. The number of ether oxygens (including phenoxy) is 2. The largest absolute Gasteiger partial charge is 0.507 e. The second kappa shape index (κ2) is 19.2.